The summed E-state index contributed by atoms with van der Waals surface area (Å²) in [6.45, 7) is 0. The predicted molar refractivity (Wildman–Crippen MR) is 260 cm³/mol. The minimum atomic E-state index is -0.803. The molecule has 0 fully saturated rings. The lowest BCUT2D eigenvalue weighted by Gasteiger charge is -2.18. The summed E-state index contributed by atoms with van der Waals surface area (Å²) in [6.07, 6.45) is 0. The average molecular weight is 797 g/mol. The molecule has 0 radical (unpaired) electrons. The van der Waals surface area contributed by atoms with Gasteiger partial charge in [0.05, 0.1) is 35.6 Å². The second-order valence-corrected chi connectivity index (χ2v) is 14.6. The van der Waals surface area contributed by atoms with Crippen LogP contribution in [0.3, 0.4) is 0 Å². The Morgan fingerprint density at radius 1 is 0.262 bits per heavy atom. The Kier molecular flexibility index (Phi) is 3.41. The largest absolute Gasteiger partial charge is 0.455 e. The highest BCUT2D eigenvalue weighted by Crippen LogP contribution is 2.50. The smallest absolute Gasteiger partial charge is 0.143 e. The number of furan rings is 1. The van der Waals surface area contributed by atoms with Gasteiger partial charge in [-0.05, 0) is 121 Å². The molecule has 0 spiro atoms. The van der Waals surface area contributed by atoms with Gasteiger partial charge in [-0.2, -0.15) is 0 Å². The van der Waals surface area contributed by atoms with Gasteiger partial charge in [0.15, 0.2) is 0 Å². The number of hydrogen-bond acceptors (Lipinski definition) is 1. The quantitative estimate of drug-likeness (QED) is 0.162. The van der Waals surface area contributed by atoms with Crippen molar-refractivity contribution >= 4 is 97.3 Å². The molecule has 0 N–H and O–H groups in total. The Balaban J connectivity index is 1.18. The SMILES string of the molecule is [2H]c1c([2H])c([2H])c(-c2c([2H])c([2H])c3c([2H])c([2H])c4c(-c5ccc(-c6c([2H])c([2H])c7c([2H])c([2H])c8c(-c9c([2H])c([2H])c([2H])c([2H])c9[2H])c([2H])c([2H])c9c([2H])c([2H])c6c7c98)c6c5oc5c7ccccc7ccc56)c([2H])c([2H])c5c([2H])c([2H])c2c3c54)c([2H])c1[2H]. The van der Waals surface area contributed by atoms with Gasteiger partial charge in [0, 0.05) is 21.7 Å². The van der Waals surface area contributed by atoms with Crippen LogP contribution in [0.2, 0.25) is 0 Å². The van der Waals surface area contributed by atoms with Gasteiger partial charge in [0.25, 0.3) is 0 Å². The van der Waals surface area contributed by atoms with Crippen molar-refractivity contribution in [1.29, 1.82) is 0 Å². The van der Waals surface area contributed by atoms with Crippen LogP contribution >= 0.6 is 0 Å². The van der Waals surface area contributed by atoms with E-state index in [1.54, 1.807) is 36.4 Å². The average Bonchev–Trinajstić information content (AvgIpc) is 1.19. The Morgan fingerprint density at radius 3 is 1.25 bits per heavy atom. The molecule has 1 heterocycles. The fourth-order valence-electron chi connectivity index (χ4n) is 8.92. The Hall–Kier alpha value is -8.00. The minimum Gasteiger partial charge on any atom is -0.455 e. The standard InChI is InChI=1S/C60H34O/c1-3-9-35(10-4-1)42-24-16-38-22-30-49-45(26-18-40-20-28-47(42)54(38)56(40)49)51-33-34-52(60-58(51)53-32-15-37-13-7-8-14-44(37)59(53)61-60)46-27-19-41-21-29-48-43(36-11-5-2-6-12-36)25-17-39-23-31-50(46)57(41)55(39)48/h1-34H/i1D,2D,3D,4D,5D,6D,9D,10D,11D,12D,16D,17D,18D,19D,20D,21D,22D,23D,24D,25D,26D,27D,28D,29D,30D,31D. The fourth-order valence-corrected chi connectivity index (χ4v) is 8.92. The van der Waals surface area contributed by atoms with Crippen molar-refractivity contribution in [3.63, 3.8) is 0 Å². The van der Waals surface area contributed by atoms with Crippen molar-refractivity contribution in [1.82, 2.24) is 0 Å². The lowest BCUT2D eigenvalue weighted by Crippen LogP contribution is -1.91. The molecule has 1 aromatic heterocycles. The van der Waals surface area contributed by atoms with E-state index in [0.717, 1.165) is 0 Å². The molecule has 0 atom stereocenters. The first kappa shape index (κ1) is 16.9. The van der Waals surface area contributed by atoms with Gasteiger partial charge < -0.3 is 4.42 Å². The minimum absolute atomic E-state index is 0.0304. The first-order valence-corrected chi connectivity index (χ1v) is 19.1. The second-order valence-electron chi connectivity index (χ2n) is 14.6. The third-order valence-corrected chi connectivity index (χ3v) is 11.5. The summed E-state index contributed by atoms with van der Waals surface area (Å²) < 4.78 is 247. The number of benzene rings is 13. The van der Waals surface area contributed by atoms with E-state index in [4.69, 9.17) is 18.1 Å². The zero-order valence-electron chi connectivity index (χ0n) is 57.0. The van der Waals surface area contributed by atoms with Crippen molar-refractivity contribution in [2.75, 3.05) is 0 Å². The Morgan fingerprint density at radius 2 is 0.705 bits per heavy atom. The normalized spacial score (nSPS) is 18.2. The van der Waals surface area contributed by atoms with Crippen LogP contribution in [0.25, 0.3) is 142 Å². The lowest BCUT2D eigenvalue weighted by molar-refractivity contribution is 0.674. The first-order valence-electron chi connectivity index (χ1n) is 32.1. The number of hydrogen-bond donors (Lipinski definition) is 0. The van der Waals surface area contributed by atoms with Crippen LogP contribution in [0.4, 0.5) is 0 Å². The van der Waals surface area contributed by atoms with Crippen LogP contribution in [-0.2, 0) is 0 Å². The summed E-state index contributed by atoms with van der Waals surface area (Å²) in [5.74, 6) is 0. The molecule has 1 nitrogen and oxygen atoms in total. The van der Waals surface area contributed by atoms with E-state index in [0.29, 0.717) is 16.2 Å². The molecule has 13 aromatic carbocycles. The van der Waals surface area contributed by atoms with Gasteiger partial charge in [-0.1, -0.05) is 194 Å². The van der Waals surface area contributed by atoms with Crippen LogP contribution in [0.15, 0.2) is 210 Å². The highest BCUT2D eigenvalue weighted by Gasteiger charge is 2.23. The number of rotatable bonds is 4. The van der Waals surface area contributed by atoms with Gasteiger partial charge in [-0.3, -0.25) is 0 Å². The van der Waals surface area contributed by atoms with Gasteiger partial charge in [-0.15, -0.1) is 0 Å². The van der Waals surface area contributed by atoms with Gasteiger partial charge >= 0.3 is 0 Å². The molecule has 0 aliphatic rings. The van der Waals surface area contributed by atoms with E-state index < -0.39 is 196 Å². The molecule has 0 amide bonds. The third-order valence-electron chi connectivity index (χ3n) is 11.5. The second kappa shape index (κ2) is 12.3. The van der Waals surface area contributed by atoms with Crippen LogP contribution in [-0.4, -0.2) is 0 Å². The maximum absolute atomic E-state index is 9.90. The Labute approximate surface area is 387 Å². The first-order chi connectivity index (χ1) is 41.1. The zero-order valence-corrected chi connectivity index (χ0v) is 31.0. The predicted octanol–water partition coefficient (Wildman–Crippen LogP) is 17.2. The van der Waals surface area contributed by atoms with Crippen molar-refractivity contribution < 1.29 is 40.1 Å². The van der Waals surface area contributed by atoms with E-state index in [9.17, 15) is 21.9 Å². The van der Waals surface area contributed by atoms with Crippen LogP contribution in [0, 0.1) is 0 Å². The molecule has 0 aliphatic carbocycles. The van der Waals surface area contributed by atoms with E-state index in [2.05, 4.69) is 0 Å². The molecule has 280 valence electrons. The van der Waals surface area contributed by atoms with Crippen molar-refractivity contribution in [3.05, 3.63) is 206 Å². The van der Waals surface area contributed by atoms with Crippen LogP contribution < -0.4 is 0 Å². The summed E-state index contributed by atoms with van der Waals surface area (Å²) in [5.41, 5.74) is -2.59. The maximum Gasteiger partial charge on any atom is 0.143 e. The van der Waals surface area contributed by atoms with Gasteiger partial charge in [0.2, 0.25) is 0 Å². The molecule has 14 aromatic rings. The molecular weight excluding hydrogens is 737 g/mol. The highest BCUT2D eigenvalue weighted by atomic mass is 16.3. The zero-order chi connectivity index (χ0) is 62.4. The summed E-state index contributed by atoms with van der Waals surface area (Å²) in [4.78, 5) is 0. The molecule has 0 bridgehead atoms. The van der Waals surface area contributed by atoms with Crippen molar-refractivity contribution in [2.45, 2.75) is 0 Å². The van der Waals surface area contributed by atoms with Crippen LogP contribution in [0.5, 0.6) is 0 Å². The van der Waals surface area contributed by atoms with E-state index >= 15 is 0 Å². The van der Waals surface area contributed by atoms with Gasteiger partial charge in [-0.25, -0.2) is 0 Å². The molecule has 0 saturated heterocycles. The molecular formula is C60H34O. The summed E-state index contributed by atoms with van der Waals surface area (Å²) in [5, 5.41) is -2.07. The van der Waals surface area contributed by atoms with Crippen LogP contribution in [0.1, 0.15) is 35.6 Å². The molecule has 1 heteroatoms. The monoisotopic (exact) mass is 796 g/mol. The molecule has 14 rings (SSSR count). The summed E-state index contributed by atoms with van der Waals surface area (Å²) in [6, 6.07) is -5.76. The lowest BCUT2D eigenvalue weighted by atomic mass is 9.85. The molecule has 0 saturated carbocycles. The van der Waals surface area contributed by atoms with E-state index in [-0.39, 0.29) is 87.3 Å². The Bertz CT molecular complexity index is 5590. The topological polar surface area (TPSA) is 13.1 Å². The third kappa shape index (κ3) is 4.55. The maximum atomic E-state index is 9.90. The molecule has 0 aliphatic heterocycles. The van der Waals surface area contributed by atoms with Crippen molar-refractivity contribution in [2.24, 2.45) is 0 Å². The molecule has 61 heavy (non-hydrogen) atoms. The van der Waals surface area contributed by atoms with Gasteiger partial charge in [0.1, 0.15) is 11.2 Å². The summed E-state index contributed by atoms with van der Waals surface area (Å²) in [7, 11) is 0. The molecule has 0 unspecified atom stereocenters. The number of fused-ring (bicyclic) bond motifs is 5. The highest BCUT2D eigenvalue weighted by molar-refractivity contribution is 6.31. The van der Waals surface area contributed by atoms with E-state index in [1.165, 1.54) is 12.1 Å². The fraction of sp³-hybridized carbons (Fsp3) is 0. The van der Waals surface area contributed by atoms with E-state index in [1.807, 2.05) is 0 Å². The van der Waals surface area contributed by atoms with Crippen molar-refractivity contribution in [3.8, 4) is 44.5 Å². The summed E-state index contributed by atoms with van der Waals surface area (Å²) >= 11 is 0.